The van der Waals surface area contributed by atoms with Crippen LogP contribution in [-0.4, -0.2) is 10.2 Å². The molecule has 0 fully saturated rings. The Bertz CT molecular complexity index is 1600. The first-order chi connectivity index (χ1) is 13.7. The summed E-state index contributed by atoms with van der Waals surface area (Å²) >= 11 is 0. The van der Waals surface area contributed by atoms with Gasteiger partial charge in [0.1, 0.15) is 11.5 Å². The zero-order valence-corrected chi connectivity index (χ0v) is 14.8. The van der Waals surface area contributed by atoms with Crippen molar-refractivity contribution in [2.75, 3.05) is 0 Å². The van der Waals surface area contributed by atoms with Crippen LogP contribution in [0.2, 0.25) is 0 Å². The number of fused-ring (bicyclic) bond motifs is 8. The van der Waals surface area contributed by atoms with E-state index in [0.29, 0.717) is 11.5 Å². The Morgan fingerprint density at radius 1 is 0.357 bits per heavy atom. The summed E-state index contributed by atoms with van der Waals surface area (Å²) in [6.45, 7) is 0. The summed E-state index contributed by atoms with van der Waals surface area (Å²) in [5.41, 5.74) is 0. The topological polar surface area (TPSA) is 40.5 Å². The Hall–Kier alpha value is -3.78. The van der Waals surface area contributed by atoms with Gasteiger partial charge in [0.15, 0.2) is 0 Å². The molecule has 0 aromatic heterocycles. The molecule has 2 nitrogen and oxygen atoms in total. The lowest BCUT2D eigenvalue weighted by atomic mass is 9.95. The highest BCUT2D eigenvalue weighted by atomic mass is 16.3. The molecule has 0 unspecified atom stereocenters. The number of benzene rings is 5. The third-order valence-corrected chi connectivity index (χ3v) is 6.29. The van der Waals surface area contributed by atoms with Crippen molar-refractivity contribution in [2.45, 2.75) is 0 Å². The number of aromatic hydroxyl groups is 2. The van der Waals surface area contributed by atoms with Crippen molar-refractivity contribution in [1.82, 2.24) is 0 Å². The Labute approximate surface area is 159 Å². The first kappa shape index (κ1) is 14.3. The molecule has 0 radical (unpaired) electrons. The van der Waals surface area contributed by atoms with Gasteiger partial charge in [0.2, 0.25) is 0 Å². The van der Waals surface area contributed by atoms with Gasteiger partial charge < -0.3 is 10.2 Å². The van der Waals surface area contributed by atoms with Gasteiger partial charge in [-0.1, -0.05) is 48.5 Å². The Balaban J connectivity index is 1.95. The van der Waals surface area contributed by atoms with E-state index in [0.717, 1.165) is 10.8 Å². The molecule has 7 rings (SSSR count). The molecule has 0 aliphatic carbocycles. The lowest BCUT2D eigenvalue weighted by Crippen LogP contribution is -1.79. The Morgan fingerprint density at radius 3 is 1.14 bits per heavy atom. The second-order valence-corrected chi connectivity index (χ2v) is 7.67. The molecule has 7 aromatic carbocycles. The number of phenolic OH excluding ortho intramolecular Hbond substituents is 2. The van der Waals surface area contributed by atoms with Crippen molar-refractivity contribution in [1.29, 1.82) is 0 Å². The van der Waals surface area contributed by atoms with Crippen LogP contribution in [0.15, 0.2) is 72.8 Å². The minimum Gasteiger partial charge on any atom is -0.508 e. The van der Waals surface area contributed by atoms with Gasteiger partial charge in [0.25, 0.3) is 0 Å². The molecular formula is C26H14O2. The predicted octanol–water partition coefficient (Wildman–Crippen LogP) is 6.89. The fourth-order valence-corrected chi connectivity index (χ4v) is 5.28. The largest absolute Gasteiger partial charge is 0.508 e. The van der Waals surface area contributed by atoms with Crippen LogP contribution in [0.4, 0.5) is 0 Å². The molecule has 0 heterocycles. The predicted molar refractivity (Wildman–Crippen MR) is 117 cm³/mol. The standard InChI is InChI=1S/C26H14O2/c27-13-7-9-17-21(11-13)15-3-1-5-19-23(15)26(17)20-6-2-4-16-22-12-14(28)8-10-18(22)25(19)24(16)20/h1-12,27-28H. The molecule has 0 aliphatic rings. The average molecular weight is 358 g/mol. The summed E-state index contributed by atoms with van der Waals surface area (Å²) < 4.78 is 0. The molecule has 2 N–H and O–H groups in total. The van der Waals surface area contributed by atoms with Gasteiger partial charge in [-0.05, 0) is 88.9 Å². The minimum atomic E-state index is 0.293. The molecular weight excluding hydrogens is 344 g/mol. The molecule has 0 saturated heterocycles. The molecule has 0 bridgehead atoms. The maximum Gasteiger partial charge on any atom is 0.116 e. The third kappa shape index (κ3) is 1.48. The maximum absolute atomic E-state index is 10.1. The first-order valence-electron chi connectivity index (χ1n) is 9.41. The summed E-state index contributed by atoms with van der Waals surface area (Å²) in [5.74, 6) is 0.586. The van der Waals surface area contributed by atoms with Gasteiger partial charge in [-0.25, -0.2) is 0 Å². The number of rotatable bonds is 0. The lowest BCUT2D eigenvalue weighted by molar-refractivity contribution is 0.475. The van der Waals surface area contributed by atoms with E-state index in [2.05, 4.69) is 36.4 Å². The van der Waals surface area contributed by atoms with E-state index in [-0.39, 0.29) is 0 Å². The monoisotopic (exact) mass is 358 g/mol. The fraction of sp³-hybridized carbons (Fsp3) is 0. The van der Waals surface area contributed by atoms with Crippen molar-refractivity contribution in [3.05, 3.63) is 72.8 Å². The number of phenols is 2. The second-order valence-electron chi connectivity index (χ2n) is 7.67. The van der Waals surface area contributed by atoms with Crippen molar-refractivity contribution < 1.29 is 10.2 Å². The molecule has 0 spiro atoms. The van der Waals surface area contributed by atoms with Gasteiger partial charge in [-0.3, -0.25) is 0 Å². The van der Waals surface area contributed by atoms with Crippen LogP contribution in [0, 0.1) is 0 Å². The maximum atomic E-state index is 10.1. The van der Waals surface area contributed by atoms with Crippen molar-refractivity contribution >= 4 is 64.6 Å². The highest BCUT2D eigenvalue weighted by Crippen LogP contribution is 2.50. The van der Waals surface area contributed by atoms with Gasteiger partial charge in [-0.15, -0.1) is 0 Å². The number of hydrogen-bond acceptors (Lipinski definition) is 2. The fourth-order valence-electron chi connectivity index (χ4n) is 5.28. The second kappa shape index (κ2) is 4.55. The summed E-state index contributed by atoms with van der Waals surface area (Å²) in [7, 11) is 0. The van der Waals surface area contributed by atoms with E-state index >= 15 is 0 Å². The van der Waals surface area contributed by atoms with E-state index in [1.165, 1.54) is 53.9 Å². The van der Waals surface area contributed by atoms with Crippen LogP contribution >= 0.6 is 0 Å². The molecule has 0 saturated carbocycles. The van der Waals surface area contributed by atoms with Crippen LogP contribution in [0.5, 0.6) is 11.5 Å². The molecule has 28 heavy (non-hydrogen) atoms. The van der Waals surface area contributed by atoms with E-state index in [1.54, 1.807) is 12.1 Å². The Kier molecular flexibility index (Phi) is 2.32. The molecule has 7 aromatic rings. The van der Waals surface area contributed by atoms with Gasteiger partial charge in [0.05, 0.1) is 0 Å². The first-order valence-corrected chi connectivity index (χ1v) is 9.41. The molecule has 130 valence electrons. The number of hydrogen-bond donors (Lipinski definition) is 2. The minimum absolute atomic E-state index is 0.293. The van der Waals surface area contributed by atoms with Crippen LogP contribution < -0.4 is 0 Å². The van der Waals surface area contributed by atoms with Crippen molar-refractivity contribution in [2.24, 2.45) is 0 Å². The normalized spacial score (nSPS) is 12.6. The van der Waals surface area contributed by atoms with E-state index in [9.17, 15) is 10.2 Å². The summed E-state index contributed by atoms with van der Waals surface area (Å²) in [6.07, 6.45) is 0. The Morgan fingerprint density at radius 2 is 0.714 bits per heavy atom. The van der Waals surface area contributed by atoms with Crippen molar-refractivity contribution in [3.63, 3.8) is 0 Å². The van der Waals surface area contributed by atoms with Gasteiger partial charge >= 0.3 is 0 Å². The van der Waals surface area contributed by atoms with E-state index in [4.69, 9.17) is 0 Å². The summed E-state index contributed by atoms with van der Waals surface area (Å²) in [6, 6.07) is 24.2. The summed E-state index contributed by atoms with van der Waals surface area (Å²) in [4.78, 5) is 0. The van der Waals surface area contributed by atoms with Crippen LogP contribution in [0.1, 0.15) is 0 Å². The van der Waals surface area contributed by atoms with Gasteiger partial charge in [0, 0.05) is 0 Å². The molecule has 2 heteroatoms. The molecule has 0 aliphatic heterocycles. The van der Waals surface area contributed by atoms with Crippen LogP contribution in [0.3, 0.4) is 0 Å². The highest BCUT2D eigenvalue weighted by Gasteiger charge is 2.21. The lowest BCUT2D eigenvalue weighted by Gasteiger charge is -2.07. The quantitative estimate of drug-likeness (QED) is 0.290. The van der Waals surface area contributed by atoms with Gasteiger partial charge in [-0.2, -0.15) is 0 Å². The van der Waals surface area contributed by atoms with Crippen LogP contribution in [-0.2, 0) is 0 Å². The highest BCUT2D eigenvalue weighted by molar-refractivity contribution is 6.47. The zero-order chi connectivity index (χ0) is 18.6. The smallest absolute Gasteiger partial charge is 0.116 e. The van der Waals surface area contributed by atoms with E-state index < -0.39 is 0 Å². The van der Waals surface area contributed by atoms with Crippen molar-refractivity contribution in [3.8, 4) is 11.5 Å². The third-order valence-electron chi connectivity index (χ3n) is 6.29. The molecule has 0 atom stereocenters. The van der Waals surface area contributed by atoms with E-state index in [1.807, 2.05) is 24.3 Å². The zero-order valence-electron chi connectivity index (χ0n) is 14.8. The summed E-state index contributed by atoms with van der Waals surface area (Å²) in [5, 5.41) is 34.5. The average Bonchev–Trinajstić information content (AvgIpc) is 3.21. The molecule has 0 amide bonds. The van der Waals surface area contributed by atoms with Crippen LogP contribution in [0.25, 0.3) is 64.6 Å². The SMILES string of the molecule is Oc1ccc2c(c1)c1cccc3c1c2c1cccc2c4cc(O)ccc4c3c21.